The lowest BCUT2D eigenvalue weighted by molar-refractivity contribution is 0.406. The molecule has 0 amide bonds. The summed E-state index contributed by atoms with van der Waals surface area (Å²) in [6.07, 6.45) is 0. The molecule has 2 aromatic rings. The molecular weight excluding hydrogens is 340 g/mol. The molecule has 0 radical (unpaired) electrons. The Hall–Kier alpha value is -1.46. The van der Waals surface area contributed by atoms with Gasteiger partial charge in [0.25, 0.3) is 0 Å². The molecule has 0 spiro atoms. The monoisotopic (exact) mass is 355 g/mol. The summed E-state index contributed by atoms with van der Waals surface area (Å²) in [6, 6.07) is 9.21. The van der Waals surface area contributed by atoms with Crippen LogP contribution in [0.15, 0.2) is 40.9 Å². The van der Waals surface area contributed by atoms with Crippen LogP contribution in [0.25, 0.3) is 0 Å². The first-order chi connectivity index (χ1) is 9.97. The molecule has 0 aliphatic heterocycles. The molecule has 0 bridgehead atoms. The standard InChI is InChI=1S/C16H16BrF2NO/c1-10(2)20-9-11-4-3-5-14(19)16(11)21-15-8-12(17)6-7-13(15)18/h3-8,10,20H,9H2,1-2H3. The van der Waals surface area contributed by atoms with Gasteiger partial charge in [-0.25, -0.2) is 8.78 Å². The van der Waals surface area contributed by atoms with Crippen LogP contribution in [0.1, 0.15) is 19.4 Å². The number of benzene rings is 2. The molecule has 0 saturated carbocycles. The van der Waals surface area contributed by atoms with E-state index >= 15 is 0 Å². The SMILES string of the molecule is CC(C)NCc1cccc(F)c1Oc1cc(Br)ccc1F. The Bertz CT molecular complexity index is 632. The highest BCUT2D eigenvalue weighted by Gasteiger charge is 2.14. The number of ether oxygens (including phenoxy) is 1. The van der Waals surface area contributed by atoms with Gasteiger partial charge in [-0.3, -0.25) is 0 Å². The minimum Gasteiger partial charge on any atom is -0.451 e. The highest BCUT2D eigenvalue weighted by Crippen LogP contribution is 2.31. The van der Waals surface area contributed by atoms with Crippen molar-refractivity contribution in [2.45, 2.75) is 26.4 Å². The second-order valence-electron chi connectivity index (χ2n) is 4.94. The molecule has 0 unspecified atom stereocenters. The van der Waals surface area contributed by atoms with E-state index < -0.39 is 11.6 Å². The number of halogens is 3. The van der Waals surface area contributed by atoms with E-state index in [1.54, 1.807) is 18.2 Å². The van der Waals surface area contributed by atoms with Crippen LogP contribution in [0.5, 0.6) is 11.5 Å². The summed E-state index contributed by atoms with van der Waals surface area (Å²) in [5.74, 6) is -1.02. The summed E-state index contributed by atoms with van der Waals surface area (Å²) < 4.78 is 33.9. The fourth-order valence-corrected chi connectivity index (χ4v) is 2.13. The molecule has 0 aliphatic rings. The van der Waals surface area contributed by atoms with Crippen molar-refractivity contribution in [1.29, 1.82) is 0 Å². The van der Waals surface area contributed by atoms with Crippen molar-refractivity contribution in [3.05, 3.63) is 58.1 Å². The Labute approximate surface area is 131 Å². The Kier molecular flexibility index (Phi) is 5.31. The summed E-state index contributed by atoms with van der Waals surface area (Å²) in [5, 5.41) is 3.19. The van der Waals surface area contributed by atoms with Crippen molar-refractivity contribution in [3.63, 3.8) is 0 Å². The lowest BCUT2D eigenvalue weighted by Crippen LogP contribution is -2.22. The van der Waals surface area contributed by atoms with Gasteiger partial charge in [-0.15, -0.1) is 0 Å². The summed E-state index contributed by atoms with van der Waals surface area (Å²) >= 11 is 3.24. The third-order valence-corrected chi connectivity index (χ3v) is 3.35. The van der Waals surface area contributed by atoms with E-state index in [2.05, 4.69) is 21.2 Å². The van der Waals surface area contributed by atoms with Crippen molar-refractivity contribution in [2.75, 3.05) is 0 Å². The highest BCUT2D eigenvalue weighted by molar-refractivity contribution is 9.10. The average molecular weight is 356 g/mol. The molecule has 5 heteroatoms. The first-order valence-corrected chi connectivity index (χ1v) is 7.40. The number of nitrogens with one attached hydrogen (secondary N) is 1. The van der Waals surface area contributed by atoms with E-state index in [-0.39, 0.29) is 17.5 Å². The lowest BCUT2D eigenvalue weighted by Gasteiger charge is -2.14. The zero-order valence-corrected chi connectivity index (χ0v) is 13.4. The van der Waals surface area contributed by atoms with Gasteiger partial charge >= 0.3 is 0 Å². The van der Waals surface area contributed by atoms with Gasteiger partial charge in [0.2, 0.25) is 0 Å². The Morgan fingerprint density at radius 1 is 1.14 bits per heavy atom. The van der Waals surface area contributed by atoms with E-state index in [4.69, 9.17) is 4.74 Å². The molecule has 2 nitrogen and oxygen atoms in total. The quantitative estimate of drug-likeness (QED) is 0.813. The fraction of sp³-hybridized carbons (Fsp3) is 0.250. The molecule has 0 atom stereocenters. The zero-order valence-electron chi connectivity index (χ0n) is 11.8. The second-order valence-corrected chi connectivity index (χ2v) is 5.86. The maximum Gasteiger partial charge on any atom is 0.167 e. The van der Waals surface area contributed by atoms with Crippen molar-refractivity contribution in [1.82, 2.24) is 5.32 Å². The predicted octanol–water partition coefficient (Wildman–Crippen LogP) is 5.02. The molecule has 21 heavy (non-hydrogen) atoms. The minimum atomic E-state index is -0.538. The Morgan fingerprint density at radius 2 is 1.90 bits per heavy atom. The maximum atomic E-state index is 14.0. The fourth-order valence-electron chi connectivity index (χ4n) is 1.79. The van der Waals surface area contributed by atoms with Crippen molar-refractivity contribution in [2.24, 2.45) is 0 Å². The van der Waals surface area contributed by atoms with E-state index in [1.807, 2.05) is 13.8 Å². The molecule has 2 rings (SSSR count). The largest absolute Gasteiger partial charge is 0.451 e. The van der Waals surface area contributed by atoms with Crippen LogP contribution in [-0.4, -0.2) is 6.04 Å². The second kappa shape index (κ2) is 7.00. The topological polar surface area (TPSA) is 21.3 Å². The number of rotatable bonds is 5. The number of hydrogen-bond donors (Lipinski definition) is 1. The number of hydrogen-bond acceptors (Lipinski definition) is 2. The first-order valence-electron chi connectivity index (χ1n) is 6.61. The molecule has 0 aromatic heterocycles. The van der Waals surface area contributed by atoms with Gasteiger partial charge in [0.1, 0.15) is 0 Å². The molecule has 0 saturated heterocycles. The normalized spacial score (nSPS) is 11.0. The molecule has 0 fully saturated rings. The maximum absolute atomic E-state index is 14.0. The first kappa shape index (κ1) is 15.9. The molecule has 0 heterocycles. The van der Waals surface area contributed by atoms with E-state index in [9.17, 15) is 8.78 Å². The van der Waals surface area contributed by atoms with E-state index in [0.29, 0.717) is 16.6 Å². The van der Waals surface area contributed by atoms with Crippen LogP contribution < -0.4 is 10.1 Å². The summed E-state index contributed by atoms with van der Waals surface area (Å²) in [6.45, 7) is 4.43. The Balaban J connectivity index is 2.32. The van der Waals surface area contributed by atoms with Crippen LogP contribution >= 0.6 is 15.9 Å². The Morgan fingerprint density at radius 3 is 2.62 bits per heavy atom. The van der Waals surface area contributed by atoms with Crippen molar-refractivity contribution >= 4 is 15.9 Å². The minimum absolute atomic E-state index is 0.0136. The van der Waals surface area contributed by atoms with E-state index in [1.165, 1.54) is 18.2 Å². The van der Waals surface area contributed by atoms with Gasteiger partial charge in [-0.2, -0.15) is 0 Å². The van der Waals surface area contributed by atoms with Crippen LogP contribution in [0.3, 0.4) is 0 Å². The molecule has 0 aliphatic carbocycles. The summed E-state index contributed by atoms with van der Waals surface area (Å²) in [4.78, 5) is 0. The van der Waals surface area contributed by atoms with Gasteiger partial charge in [-0.1, -0.05) is 41.9 Å². The third kappa shape index (κ3) is 4.25. The lowest BCUT2D eigenvalue weighted by atomic mass is 10.2. The van der Waals surface area contributed by atoms with Crippen LogP contribution in [0.4, 0.5) is 8.78 Å². The molecular formula is C16H16BrF2NO. The smallest absolute Gasteiger partial charge is 0.167 e. The summed E-state index contributed by atoms with van der Waals surface area (Å²) in [5.41, 5.74) is 0.642. The van der Waals surface area contributed by atoms with Crippen LogP contribution in [-0.2, 0) is 6.54 Å². The van der Waals surface area contributed by atoms with Gasteiger partial charge in [0.15, 0.2) is 23.1 Å². The number of para-hydroxylation sites is 1. The van der Waals surface area contributed by atoms with Crippen LogP contribution in [0, 0.1) is 11.6 Å². The average Bonchev–Trinajstić information content (AvgIpc) is 2.43. The molecule has 112 valence electrons. The molecule has 1 N–H and O–H groups in total. The van der Waals surface area contributed by atoms with Gasteiger partial charge in [-0.05, 0) is 24.3 Å². The van der Waals surface area contributed by atoms with E-state index in [0.717, 1.165) is 0 Å². The third-order valence-electron chi connectivity index (χ3n) is 2.85. The van der Waals surface area contributed by atoms with Crippen molar-refractivity contribution in [3.8, 4) is 11.5 Å². The summed E-state index contributed by atoms with van der Waals surface area (Å²) in [7, 11) is 0. The van der Waals surface area contributed by atoms with Gasteiger partial charge in [0.05, 0.1) is 0 Å². The van der Waals surface area contributed by atoms with Gasteiger partial charge < -0.3 is 10.1 Å². The highest BCUT2D eigenvalue weighted by atomic mass is 79.9. The van der Waals surface area contributed by atoms with Crippen molar-refractivity contribution < 1.29 is 13.5 Å². The molecule has 2 aromatic carbocycles. The predicted molar refractivity (Wildman–Crippen MR) is 82.5 cm³/mol. The van der Waals surface area contributed by atoms with Gasteiger partial charge in [0, 0.05) is 22.6 Å². The zero-order chi connectivity index (χ0) is 15.4. The van der Waals surface area contributed by atoms with Crippen LogP contribution in [0.2, 0.25) is 0 Å².